The quantitative estimate of drug-likeness (QED) is 0.00515. The number of amides is 3. The van der Waals surface area contributed by atoms with Crippen LogP contribution in [-0.2, 0) is 115 Å². The largest absolute Gasteiger partial charge is 0.497 e. The van der Waals surface area contributed by atoms with Gasteiger partial charge in [0, 0.05) is 95.0 Å². The first-order valence-corrected chi connectivity index (χ1v) is 60.2. The maximum Gasteiger partial charge on any atom is 0.406 e. The number of fused-ring (bicyclic) bond motifs is 1. The molecule has 32 nitrogen and oxygen atoms in total. The molecular weight excluding hydrogens is 2040 g/mol. The van der Waals surface area contributed by atoms with E-state index in [1.54, 1.807) is 74.5 Å². The van der Waals surface area contributed by atoms with Crippen LogP contribution in [-0.4, -0.2) is 222 Å². The highest BCUT2D eigenvalue weighted by atomic mass is 35.5. The molecule has 6 N–H and O–H groups in total. The second-order valence-corrected chi connectivity index (χ2v) is 49.7. The van der Waals surface area contributed by atoms with Gasteiger partial charge in [-0.25, -0.2) is 33.8 Å². The predicted molar refractivity (Wildman–Crippen MR) is 598 cm³/mol. The highest BCUT2D eigenvalue weighted by molar-refractivity contribution is 8.07. The van der Waals surface area contributed by atoms with E-state index in [0.717, 1.165) is 109 Å². The van der Waals surface area contributed by atoms with E-state index in [1.165, 1.54) is 18.2 Å². The summed E-state index contributed by atoms with van der Waals surface area (Å²) in [6, 6.07) is 60.4. The number of esters is 1. The van der Waals surface area contributed by atoms with Crippen molar-refractivity contribution in [3.63, 3.8) is 0 Å². The Balaban J connectivity index is 0.000000322. The Kier molecular flexibility index (Phi) is 57.9. The van der Waals surface area contributed by atoms with Crippen LogP contribution < -0.4 is 50.2 Å². The lowest BCUT2D eigenvalue weighted by Gasteiger charge is -2.45. The average molecular weight is 2220 g/mol. The molecule has 2 fully saturated rings. The van der Waals surface area contributed by atoms with Crippen molar-refractivity contribution >= 4 is 83.0 Å². The van der Waals surface area contributed by atoms with Gasteiger partial charge in [-0.1, -0.05) is 159 Å². The molecule has 0 aliphatic carbocycles. The maximum atomic E-state index is 14.4. The number of benzene rings is 7. The maximum absolute atomic E-state index is 14.4. The predicted octanol–water partition coefficient (Wildman–Crippen LogP) is 24.2. The Bertz CT molecular complexity index is 5080. The molecule has 7 aromatic carbocycles. The van der Waals surface area contributed by atoms with Crippen molar-refractivity contribution < 1.29 is 116 Å². The van der Waals surface area contributed by atoms with E-state index < -0.39 is 69.7 Å². The SMILES string of the molecule is CCOCC(C)COP(=S)(OCCOc1ccc(C(OC)OC)c(Cl)c1)OC(C)(C)C.CCOCCOP(=O)(NC(C)CCC(=O)OC)OC(C)(C)C.CCOCCOP(=O)(NCCCCCNC(=O)CCCC1SCC2C1NC(=O)N2C(c1ccccc1)(c1ccc(OC)cc1)c1ccc(OC)cc1)OC(C)(C)C.COc1ccc(C(NCCCCCNP(=O)(OC(C)C)OC(C)(C)C)(c2ccccc2)c2ccccc2)cc1. The van der Waals surface area contributed by atoms with Crippen molar-refractivity contribution in [2.24, 2.45) is 5.92 Å². The summed E-state index contributed by atoms with van der Waals surface area (Å²) in [5.41, 5.74) is 3.32. The van der Waals surface area contributed by atoms with Gasteiger partial charge in [0.05, 0.1) is 126 Å². The number of hydrogen-bond acceptors (Lipinski definition) is 28. The van der Waals surface area contributed by atoms with Gasteiger partial charge in [-0.3, -0.25) is 42.0 Å². The third-order valence-electron chi connectivity index (χ3n) is 22.6. The van der Waals surface area contributed by atoms with Crippen LogP contribution in [0.4, 0.5) is 4.79 Å². The third-order valence-corrected chi connectivity index (χ3v) is 33.1. The topological polar surface area (TPSA) is 353 Å². The van der Waals surface area contributed by atoms with Crippen LogP contribution in [0, 0.1) is 5.92 Å². The number of rotatable bonds is 64. The van der Waals surface area contributed by atoms with Crippen LogP contribution in [0.15, 0.2) is 182 Å². The van der Waals surface area contributed by atoms with Crippen molar-refractivity contribution in [2.45, 2.75) is 271 Å². The molecule has 9 rings (SSSR count). The molecular formula is C110H172ClN7O25P4S2. The standard InChI is InChI=1S/C43H61N4O8PS.C32H45N2O4P.C21H36ClO7PS.C14H30NO6P/c1-7-53-29-30-54-56(50,55-42(2,3)4)45-28-13-9-12-27-44-39(48)18-14-17-38-40-37(31-57-38)47(41(49)46-40)43(32-15-10-8-11-16-32,33-19-23-35(51-5)24-20-33)34-21-25-36(52-6)26-22-34;1-26(2)37-39(35,38-31(3,4)5)34-25-15-9-14-24-33-32(27-16-10-7-11-17-27,28-18-12-8-13-19-28)29-20-22-30(36-6)23-21-29;1-8-25-14-16(2)15-28-30(31,29-21(3,4)5)27-12-11-26-17-9-10-18(19(22)13-17)20(23-6)24-7;1-7-19-10-11-20-22(17,21-14(3,4)5)15-12(2)8-9-13(16)18-6/h8,10-11,15-16,19-26,37-38,40H,7,9,12-14,17-18,27-31H2,1-6H3,(H,44,48)(H,45,50)(H,46,49);7-8,10-13,16-23,26,33H,9,14-15,24-25H2,1-6H3,(H,34,35);9-10,13,16,20H,8,11-12,14-15H2,1-7H3;12H,7-11H2,1-6H3,(H,15,17). The van der Waals surface area contributed by atoms with Crippen molar-refractivity contribution in [3.05, 3.63) is 226 Å². The molecule has 9 atom stereocenters. The summed E-state index contributed by atoms with van der Waals surface area (Å²) < 4.78 is 144. The molecule has 9 unspecified atom stereocenters. The van der Waals surface area contributed by atoms with Crippen molar-refractivity contribution in [2.75, 3.05) is 147 Å². The number of halogens is 1. The Morgan fingerprint density at radius 3 is 1.41 bits per heavy atom. The van der Waals surface area contributed by atoms with E-state index in [1.807, 2.05) is 189 Å². The molecule has 2 aliphatic rings. The van der Waals surface area contributed by atoms with Gasteiger partial charge in [-0.05, 0) is 276 Å². The Labute approximate surface area is 903 Å². The first-order valence-electron chi connectivity index (χ1n) is 51.6. The van der Waals surface area contributed by atoms with Crippen LogP contribution in [0.25, 0.3) is 0 Å². The number of carbonyl (C=O) groups excluding carboxylic acids is 3. The summed E-state index contributed by atoms with van der Waals surface area (Å²) in [6.07, 6.45) is 7.10. The third kappa shape index (κ3) is 46.3. The van der Waals surface area contributed by atoms with Crippen molar-refractivity contribution in [1.82, 2.24) is 36.1 Å². The molecule has 2 heterocycles. The number of ether oxygens (including phenoxy) is 10. The number of methoxy groups -OCH3 is 6. The summed E-state index contributed by atoms with van der Waals surface area (Å²) in [5, 5.41) is 19.9. The van der Waals surface area contributed by atoms with E-state index >= 15 is 0 Å². The molecule has 0 spiro atoms. The summed E-state index contributed by atoms with van der Waals surface area (Å²) in [7, 11) is -0.922. The van der Waals surface area contributed by atoms with Crippen LogP contribution in [0.1, 0.15) is 247 Å². The minimum Gasteiger partial charge on any atom is -0.497 e. The van der Waals surface area contributed by atoms with E-state index in [4.69, 9.17) is 107 Å². The number of thioether (sulfide) groups is 1. The van der Waals surface area contributed by atoms with Crippen molar-refractivity contribution in [3.8, 4) is 23.0 Å². The minimum atomic E-state index is -3.49. The van der Waals surface area contributed by atoms with Gasteiger partial charge >= 0.3 is 42.0 Å². The zero-order chi connectivity index (χ0) is 110. The smallest absolute Gasteiger partial charge is 0.406 e. The van der Waals surface area contributed by atoms with Gasteiger partial charge in [0.1, 0.15) is 35.1 Å². The van der Waals surface area contributed by atoms with Gasteiger partial charge < -0.3 is 76.5 Å². The number of nitrogens with zero attached hydrogens (tertiary/aromatic N) is 1. The number of carbonyl (C=O) groups is 3. The van der Waals surface area contributed by atoms with E-state index in [2.05, 4.69) is 138 Å². The Hall–Kier alpha value is -6.79. The highest BCUT2D eigenvalue weighted by Crippen LogP contribution is 2.56. The van der Waals surface area contributed by atoms with Crippen LogP contribution in [0.5, 0.6) is 23.0 Å². The molecule has 149 heavy (non-hydrogen) atoms. The molecule has 0 aromatic heterocycles. The molecule has 7 aromatic rings. The summed E-state index contributed by atoms with van der Waals surface area (Å²) in [4.78, 5) is 40.4. The Morgan fingerprint density at radius 1 is 0.490 bits per heavy atom. The first kappa shape index (κ1) is 131. The summed E-state index contributed by atoms with van der Waals surface area (Å²) >= 11 is 13.8. The lowest BCUT2D eigenvalue weighted by molar-refractivity contribution is -0.140. The number of nitrogens with one attached hydrogen (secondary N) is 6. The van der Waals surface area contributed by atoms with Gasteiger partial charge in [0.25, 0.3) is 0 Å². The van der Waals surface area contributed by atoms with E-state index in [9.17, 15) is 28.1 Å². The fraction of sp³-hybridized carbons (Fsp3) is 0.591. The molecule has 0 radical (unpaired) electrons. The molecule has 3 amide bonds. The molecule has 2 aliphatic heterocycles. The van der Waals surface area contributed by atoms with Gasteiger partial charge in [-0.15, -0.1) is 0 Å². The van der Waals surface area contributed by atoms with Gasteiger partial charge in [0.2, 0.25) is 5.91 Å². The zero-order valence-electron chi connectivity index (χ0n) is 92.6. The van der Waals surface area contributed by atoms with Crippen LogP contribution in [0.2, 0.25) is 5.02 Å². The number of hydrogen-bond donors (Lipinski definition) is 6. The number of unbranched alkanes of at least 4 members (excludes halogenated alkanes) is 4. The van der Waals surface area contributed by atoms with Crippen LogP contribution in [0.3, 0.4) is 0 Å². The second-order valence-electron chi connectivity index (χ2n) is 40.0. The van der Waals surface area contributed by atoms with E-state index in [0.29, 0.717) is 89.5 Å². The first-order chi connectivity index (χ1) is 70.7. The summed E-state index contributed by atoms with van der Waals surface area (Å²) in [5.74, 6) is 3.57. The van der Waals surface area contributed by atoms with Crippen molar-refractivity contribution in [1.29, 1.82) is 0 Å². The van der Waals surface area contributed by atoms with Gasteiger partial charge in [-0.2, -0.15) is 11.8 Å². The normalized spacial score (nSPS) is 16.5. The monoisotopic (exact) mass is 2210 g/mol. The summed E-state index contributed by atoms with van der Waals surface area (Å²) in [6.45, 7) is 39.3. The lowest BCUT2D eigenvalue weighted by Crippen LogP contribution is -2.53. The molecule has 39 heteroatoms. The van der Waals surface area contributed by atoms with Gasteiger partial charge in [0.15, 0.2) is 6.29 Å². The second kappa shape index (κ2) is 65.9. The fourth-order valence-corrected chi connectivity index (χ4v) is 26.3. The molecule has 0 bridgehead atoms. The highest BCUT2D eigenvalue weighted by Gasteiger charge is 2.57. The molecule has 836 valence electrons. The number of urea groups is 1. The Morgan fingerprint density at radius 2 is 0.933 bits per heavy atom. The minimum absolute atomic E-state index is 0.0256. The molecule has 0 saturated carbocycles. The zero-order valence-corrected chi connectivity index (χ0v) is 98.6. The average Bonchev–Trinajstić information content (AvgIpc) is 1.60. The molecule has 2 saturated heterocycles. The lowest BCUT2D eigenvalue weighted by atomic mass is 9.74. The fourth-order valence-electron chi connectivity index (χ4n) is 16.3. The van der Waals surface area contributed by atoms with E-state index in [-0.39, 0.29) is 86.2 Å². The van der Waals surface area contributed by atoms with Crippen LogP contribution >= 0.6 is 53.3 Å².